The van der Waals surface area contributed by atoms with Gasteiger partial charge in [0, 0.05) is 21.9 Å². The second-order valence-electron chi connectivity index (χ2n) is 6.37. The molecule has 0 fully saturated rings. The molecule has 0 aliphatic heterocycles. The molecule has 8 nitrogen and oxygen atoms in total. The van der Waals surface area contributed by atoms with Gasteiger partial charge < -0.3 is 15.4 Å². The van der Waals surface area contributed by atoms with Crippen LogP contribution in [0, 0.1) is 10.1 Å². The number of anilines is 1. The van der Waals surface area contributed by atoms with Gasteiger partial charge in [-0.05, 0) is 39.0 Å². The fraction of sp³-hybridized carbons (Fsp3) is 0.375. The third-order valence-electron chi connectivity index (χ3n) is 3.12. The van der Waals surface area contributed by atoms with E-state index in [9.17, 15) is 14.9 Å². The Hall–Kier alpha value is -2.42. The zero-order valence-corrected chi connectivity index (χ0v) is 15.7. The van der Waals surface area contributed by atoms with Crippen molar-refractivity contribution in [1.82, 2.24) is 10.3 Å². The number of ether oxygens (including phenoxy) is 1. The van der Waals surface area contributed by atoms with Gasteiger partial charge in [0.05, 0.1) is 10.4 Å². The maximum absolute atomic E-state index is 11.6. The number of pyridine rings is 1. The average Bonchev–Trinajstić information content (AvgIpc) is 2.49. The van der Waals surface area contributed by atoms with Gasteiger partial charge >= 0.3 is 11.8 Å². The maximum atomic E-state index is 11.6. The Morgan fingerprint density at radius 3 is 2.76 bits per heavy atom. The van der Waals surface area contributed by atoms with Crippen LogP contribution in [-0.2, 0) is 4.74 Å². The van der Waals surface area contributed by atoms with E-state index >= 15 is 0 Å². The number of hydrogen-bond donors (Lipinski definition) is 2. The van der Waals surface area contributed by atoms with E-state index in [4.69, 9.17) is 4.74 Å². The van der Waals surface area contributed by atoms with E-state index in [-0.39, 0.29) is 18.8 Å². The van der Waals surface area contributed by atoms with Crippen molar-refractivity contribution < 1.29 is 14.5 Å². The highest BCUT2D eigenvalue weighted by Crippen LogP contribution is 2.32. The summed E-state index contributed by atoms with van der Waals surface area (Å²) >= 11 is 3.35. The molecule has 2 aromatic rings. The van der Waals surface area contributed by atoms with Crippen molar-refractivity contribution >= 4 is 44.3 Å². The number of benzene rings is 1. The molecule has 1 aromatic heterocycles. The second-order valence-corrected chi connectivity index (χ2v) is 7.29. The second kappa shape index (κ2) is 7.64. The molecule has 134 valence electrons. The van der Waals surface area contributed by atoms with Crippen LogP contribution in [0.15, 0.2) is 28.9 Å². The average molecular weight is 411 g/mol. The van der Waals surface area contributed by atoms with Crippen LogP contribution < -0.4 is 10.6 Å². The molecule has 0 atom stereocenters. The van der Waals surface area contributed by atoms with Crippen molar-refractivity contribution in [3.63, 3.8) is 0 Å². The molecule has 0 bridgehead atoms. The number of fused-ring (bicyclic) bond motifs is 1. The van der Waals surface area contributed by atoms with Gasteiger partial charge in [0.25, 0.3) is 0 Å². The summed E-state index contributed by atoms with van der Waals surface area (Å²) in [5.41, 5.74) is 0.447. The summed E-state index contributed by atoms with van der Waals surface area (Å²) in [5.74, 6) is 0. The number of rotatable bonds is 5. The van der Waals surface area contributed by atoms with Crippen molar-refractivity contribution in [3.05, 3.63) is 39.0 Å². The smallest absolute Gasteiger partial charge is 0.407 e. The molecule has 0 aliphatic rings. The van der Waals surface area contributed by atoms with E-state index in [2.05, 4.69) is 31.5 Å². The van der Waals surface area contributed by atoms with Crippen LogP contribution in [0.5, 0.6) is 0 Å². The van der Waals surface area contributed by atoms with E-state index in [1.54, 1.807) is 18.2 Å². The Kier molecular flexibility index (Phi) is 5.78. The first-order chi connectivity index (χ1) is 11.7. The van der Waals surface area contributed by atoms with Gasteiger partial charge in [-0.1, -0.05) is 15.9 Å². The molecule has 25 heavy (non-hydrogen) atoms. The third kappa shape index (κ3) is 5.28. The number of carbonyl (C=O) groups excluding carboxylic acids is 1. The first kappa shape index (κ1) is 18.9. The molecule has 9 heteroatoms. The minimum absolute atomic E-state index is 0.0689. The highest BCUT2D eigenvalue weighted by Gasteiger charge is 2.18. The lowest BCUT2D eigenvalue weighted by Gasteiger charge is -2.20. The molecule has 1 aromatic carbocycles. The first-order valence-electron chi connectivity index (χ1n) is 7.59. The van der Waals surface area contributed by atoms with Crippen LogP contribution in [0.3, 0.4) is 0 Å². The van der Waals surface area contributed by atoms with Crippen LogP contribution in [0.2, 0.25) is 0 Å². The van der Waals surface area contributed by atoms with Crippen molar-refractivity contribution in [1.29, 1.82) is 0 Å². The normalized spacial score (nSPS) is 11.2. The fourth-order valence-electron chi connectivity index (χ4n) is 2.14. The van der Waals surface area contributed by atoms with Crippen LogP contribution in [0.4, 0.5) is 16.2 Å². The minimum atomic E-state index is -0.535. The highest BCUT2D eigenvalue weighted by molar-refractivity contribution is 9.10. The largest absolute Gasteiger partial charge is 0.448 e. The number of nitrogens with zero attached hydrogens (tertiary/aromatic N) is 2. The molecular weight excluding hydrogens is 392 g/mol. The van der Waals surface area contributed by atoms with E-state index in [1.807, 2.05) is 20.8 Å². The van der Waals surface area contributed by atoms with Crippen LogP contribution in [0.25, 0.3) is 10.9 Å². The lowest BCUT2D eigenvalue weighted by Crippen LogP contribution is -2.41. The lowest BCUT2D eigenvalue weighted by atomic mass is 10.1. The number of nitrogens with one attached hydrogen (secondary N) is 2. The summed E-state index contributed by atoms with van der Waals surface area (Å²) in [7, 11) is 0. The molecule has 0 saturated carbocycles. The van der Waals surface area contributed by atoms with E-state index < -0.39 is 16.6 Å². The molecule has 0 radical (unpaired) electrons. The summed E-state index contributed by atoms with van der Waals surface area (Å²) in [6.07, 6.45) is 0.678. The van der Waals surface area contributed by atoms with Crippen molar-refractivity contribution in [2.75, 3.05) is 18.5 Å². The number of aromatic nitrogens is 1. The predicted octanol–water partition coefficient (Wildman–Crippen LogP) is 3.84. The van der Waals surface area contributed by atoms with E-state index in [0.717, 1.165) is 4.47 Å². The van der Waals surface area contributed by atoms with Crippen LogP contribution in [-0.4, -0.2) is 34.7 Å². The van der Waals surface area contributed by atoms with Crippen molar-refractivity contribution in [3.8, 4) is 0 Å². The summed E-state index contributed by atoms with van der Waals surface area (Å²) in [5, 5.41) is 17.5. The highest BCUT2D eigenvalue weighted by atomic mass is 79.9. The molecule has 0 spiro atoms. The van der Waals surface area contributed by atoms with Crippen molar-refractivity contribution in [2.45, 2.75) is 26.3 Å². The molecule has 0 saturated heterocycles. The molecule has 1 amide bonds. The Balaban J connectivity index is 2.10. The molecule has 1 heterocycles. The zero-order chi connectivity index (χ0) is 18.6. The first-order valence-corrected chi connectivity index (χ1v) is 8.38. The van der Waals surface area contributed by atoms with E-state index in [1.165, 1.54) is 6.20 Å². The number of nitro groups is 1. The summed E-state index contributed by atoms with van der Waals surface area (Å²) in [6.45, 7) is 5.83. The van der Waals surface area contributed by atoms with Gasteiger partial charge in [-0.25, -0.2) is 9.78 Å². The zero-order valence-electron chi connectivity index (χ0n) is 14.1. The Bertz CT molecular complexity index is 805. The van der Waals surface area contributed by atoms with Gasteiger partial charge in [0.2, 0.25) is 0 Å². The number of amides is 1. The topological polar surface area (TPSA) is 106 Å². The quantitative estimate of drug-likeness (QED) is 0.440. The Morgan fingerprint density at radius 1 is 1.40 bits per heavy atom. The molecule has 2 N–H and O–H groups in total. The van der Waals surface area contributed by atoms with Gasteiger partial charge in [-0.2, -0.15) is 0 Å². The third-order valence-corrected chi connectivity index (χ3v) is 3.62. The molecule has 0 aliphatic carbocycles. The van der Waals surface area contributed by atoms with Gasteiger partial charge in [0.15, 0.2) is 0 Å². The van der Waals surface area contributed by atoms with Crippen LogP contribution >= 0.6 is 15.9 Å². The minimum Gasteiger partial charge on any atom is -0.448 e. The van der Waals surface area contributed by atoms with Gasteiger partial charge in [0.1, 0.15) is 18.5 Å². The summed E-state index contributed by atoms with van der Waals surface area (Å²) in [6, 6.07) is 5.30. The lowest BCUT2D eigenvalue weighted by molar-refractivity contribution is -0.384. The molecular formula is C16H19BrN4O4. The fourth-order valence-corrected chi connectivity index (χ4v) is 2.49. The number of alkyl carbamates (subject to hydrolysis) is 1. The molecule has 0 unspecified atom stereocenters. The number of halogens is 1. The monoisotopic (exact) mass is 410 g/mol. The standard InChI is InChI=1S/C16H19BrN4O4/c1-16(2,3)20-15(22)25-7-6-18-14-11-5-4-10(17)8-12(11)19-9-13(14)21(23)24/h4-5,8-9H,6-7H2,1-3H3,(H,18,19)(H,20,22). The van der Waals surface area contributed by atoms with Crippen LogP contribution in [0.1, 0.15) is 20.8 Å². The Morgan fingerprint density at radius 2 is 2.12 bits per heavy atom. The molecule has 2 rings (SSSR count). The Labute approximate surface area is 153 Å². The summed E-state index contributed by atoms with van der Waals surface area (Å²) in [4.78, 5) is 26.5. The van der Waals surface area contributed by atoms with Gasteiger partial charge in [-0.3, -0.25) is 10.1 Å². The summed E-state index contributed by atoms with van der Waals surface area (Å²) < 4.78 is 5.89. The van der Waals surface area contributed by atoms with Crippen molar-refractivity contribution in [2.24, 2.45) is 0 Å². The van der Waals surface area contributed by atoms with E-state index in [0.29, 0.717) is 16.6 Å². The number of carbonyl (C=O) groups is 1. The predicted molar refractivity (Wildman–Crippen MR) is 98.8 cm³/mol. The number of hydrogen-bond acceptors (Lipinski definition) is 6. The maximum Gasteiger partial charge on any atom is 0.407 e. The SMILES string of the molecule is CC(C)(C)NC(=O)OCCNc1c([N+](=O)[O-])cnc2cc(Br)ccc12. The van der Waals surface area contributed by atoms with Gasteiger partial charge in [-0.15, -0.1) is 0 Å².